The molecular weight excluding hydrogens is 228 g/mol. The van der Waals surface area contributed by atoms with Gasteiger partial charge in [0.25, 0.3) is 0 Å². The third kappa shape index (κ3) is 1.39. The van der Waals surface area contributed by atoms with Gasteiger partial charge >= 0.3 is 0 Å². The van der Waals surface area contributed by atoms with Crippen molar-refractivity contribution in [2.24, 2.45) is 0 Å². The topological polar surface area (TPSA) is 49.4 Å². The predicted molar refractivity (Wildman–Crippen MR) is 72.7 cm³/mol. The lowest BCUT2D eigenvalue weighted by Gasteiger charge is -2.02. The SMILES string of the molecule is COc1ccc2c3ccc(OC)cc3n(N)c2c1. The summed E-state index contributed by atoms with van der Waals surface area (Å²) in [5.41, 5.74) is 1.88. The molecule has 0 amide bonds. The first-order chi connectivity index (χ1) is 8.74. The van der Waals surface area contributed by atoms with Crippen LogP contribution in [0.5, 0.6) is 11.5 Å². The fourth-order valence-corrected chi connectivity index (χ4v) is 2.26. The summed E-state index contributed by atoms with van der Waals surface area (Å²) < 4.78 is 12.1. The van der Waals surface area contributed by atoms with E-state index in [1.165, 1.54) is 0 Å². The molecule has 92 valence electrons. The highest BCUT2D eigenvalue weighted by molar-refractivity contribution is 6.08. The van der Waals surface area contributed by atoms with E-state index < -0.39 is 0 Å². The summed E-state index contributed by atoms with van der Waals surface area (Å²) in [6.45, 7) is 0. The van der Waals surface area contributed by atoms with Crippen molar-refractivity contribution in [2.45, 2.75) is 0 Å². The van der Waals surface area contributed by atoms with Gasteiger partial charge < -0.3 is 15.3 Å². The second-order valence-electron chi connectivity index (χ2n) is 4.14. The van der Waals surface area contributed by atoms with Crippen LogP contribution in [0.2, 0.25) is 0 Å². The summed E-state index contributed by atoms with van der Waals surface area (Å²) in [6.07, 6.45) is 0. The Balaban J connectivity index is 2.41. The molecule has 4 heteroatoms. The highest BCUT2D eigenvalue weighted by atomic mass is 16.5. The van der Waals surface area contributed by atoms with Gasteiger partial charge in [0.1, 0.15) is 11.5 Å². The molecule has 0 saturated carbocycles. The van der Waals surface area contributed by atoms with E-state index in [0.29, 0.717) is 0 Å². The van der Waals surface area contributed by atoms with E-state index in [4.69, 9.17) is 15.3 Å². The summed E-state index contributed by atoms with van der Waals surface area (Å²) in [4.78, 5) is 0. The average molecular weight is 242 g/mol. The van der Waals surface area contributed by atoms with Crippen molar-refractivity contribution in [3.05, 3.63) is 36.4 Å². The van der Waals surface area contributed by atoms with Crippen LogP contribution in [0.15, 0.2) is 36.4 Å². The lowest BCUT2D eigenvalue weighted by molar-refractivity contribution is 0.415. The van der Waals surface area contributed by atoms with Gasteiger partial charge in [-0.1, -0.05) is 0 Å². The molecule has 0 bridgehead atoms. The summed E-state index contributed by atoms with van der Waals surface area (Å²) in [5.74, 6) is 7.72. The van der Waals surface area contributed by atoms with Gasteiger partial charge in [0.05, 0.1) is 25.3 Å². The zero-order valence-electron chi connectivity index (χ0n) is 10.3. The Morgan fingerprint density at radius 2 is 1.28 bits per heavy atom. The van der Waals surface area contributed by atoms with Gasteiger partial charge in [-0.2, -0.15) is 0 Å². The molecule has 3 aromatic rings. The van der Waals surface area contributed by atoms with Crippen molar-refractivity contribution in [1.29, 1.82) is 0 Å². The number of ether oxygens (including phenoxy) is 2. The first kappa shape index (κ1) is 10.8. The van der Waals surface area contributed by atoms with Crippen LogP contribution in [0.3, 0.4) is 0 Å². The number of hydrogen-bond acceptors (Lipinski definition) is 3. The van der Waals surface area contributed by atoms with Gasteiger partial charge in [0.15, 0.2) is 0 Å². The largest absolute Gasteiger partial charge is 0.497 e. The molecule has 1 aromatic heterocycles. The highest BCUT2D eigenvalue weighted by Crippen LogP contribution is 2.31. The molecule has 4 nitrogen and oxygen atoms in total. The Morgan fingerprint density at radius 3 is 1.67 bits per heavy atom. The molecule has 3 rings (SSSR count). The van der Waals surface area contributed by atoms with Gasteiger partial charge in [-0.25, -0.2) is 0 Å². The van der Waals surface area contributed by atoms with Crippen LogP contribution < -0.4 is 15.3 Å². The summed E-state index contributed by atoms with van der Waals surface area (Å²) >= 11 is 0. The van der Waals surface area contributed by atoms with Gasteiger partial charge in [-0.15, -0.1) is 0 Å². The predicted octanol–water partition coefficient (Wildman–Crippen LogP) is 2.53. The minimum atomic E-state index is 0.795. The van der Waals surface area contributed by atoms with Gasteiger partial charge in [-0.05, 0) is 24.3 Å². The molecule has 2 N–H and O–H groups in total. The molecule has 1 heterocycles. The number of nitrogen functional groups attached to an aromatic ring is 1. The summed E-state index contributed by atoms with van der Waals surface area (Å²) in [6, 6.07) is 11.8. The molecule has 0 fully saturated rings. The minimum absolute atomic E-state index is 0.795. The quantitative estimate of drug-likeness (QED) is 0.702. The fraction of sp³-hybridized carbons (Fsp3) is 0.143. The number of benzene rings is 2. The Kier molecular flexibility index (Phi) is 2.30. The van der Waals surface area contributed by atoms with Crippen LogP contribution >= 0.6 is 0 Å². The monoisotopic (exact) mass is 242 g/mol. The molecule has 0 aliphatic heterocycles. The van der Waals surface area contributed by atoms with E-state index >= 15 is 0 Å². The summed E-state index contributed by atoms with van der Waals surface area (Å²) in [5, 5.41) is 2.21. The molecule has 0 atom stereocenters. The van der Waals surface area contributed by atoms with E-state index in [0.717, 1.165) is 33.3 Å². The number of rotatable bonds is 2. The number of nitrogens with two attached hydrogens (primary N) is 1. The Bertz CT molecular complexity index is 670. The molecule has 0 aliphatic carbocycles. The third-order valence-electron chi connectivity index (χ3n) is 3.22. The second kappa shape index (κ2) is 3.84. The third-order valence-corrected chi connectivity index (χ3v) is 3.22. The van der Waals surface area contributed by atoms with Crippen molar-refractivity contribution >= 4 is 21.8 Å². The lowest BCUT2D eigenvalue weighted by atomic mass is 10.1. The Morgan fingerprint density at radius 1 is 0.833 bits per heavy atom. The normalized spacial score (nSPS) is 11.0. The van der Waals surface area contributed by atoms with Gasteiger partial charge in [0, 0.05) is 22.9 Å². The summed E-state index contributed by atoms with van der Waals surface area (Å²) in [7, 11) is 3.29. The standard InChI is InChI=1S/C14H14N2O2/c1-17-9-3-5-11-12-6-4-10(18-2)8-14(12)16(15)13(11)7-9/h3-8H,15H2,1-2H3. The van der Waals surface area contributed by atoms with Crippen molar-refractivity contribution in [3.63, 3.8) is 0 Å². The van der Waals surface area contributed by atoms with Crippen molar-refractivity contribution in [2.75, 3.05) is 20.1 Å². The van der Waals surface area contributed by atoms with Gasteiger partial charge in [-0.3, -0.25) is 4.68 Å². The van der Waals surface area contributed by atoms with E-state index in [2.05, 4.69) is 0 Å². The van der Waals surface area contributed by atoms with Crippen LogP contribution in [-0.4, -0.2) is 18.9 Å². The zero-order chi connectivity index (χ0) is 12.7. The zero-order valence-corrected chi connectivity index (χ0v) is 10.3. The van der Waals surface area contributed by atoms with Crippen LogP contribution in [0.4, 0.5) is 0 Å². The first-order valence-corrected chi connectivity index (χ1v) is 5.66. The van der Waals surface area contributed by atoms with E-state index in [9.17, 15) is 0 Å². The smallest absolute Gasteiger partial charge is 0.121 e. The molecule has 0 aliphatic rings. The van der Waals surface area contributed by atoms with E-state index in [1.807, 2.05) is 36.4 Å². The van der Waals surface area contributed by atoms with Crippen molar-refractivity contribution in [3.8, 4) is 11.5 Å². The lowest BCUT2D eigenvalue weighted by Crippen LogP contribution is -2.06. The van der Waals surface area contributed by atoms with Crippen LogP contribution in [-0.2, 0) is 0 Å². The van der Waals surface area contributed by atoms with Crippen LogP contribution in [0.25, 0.3) is 21.8 Å². The van der Waals surface area contributed by atoms with Crippen molar-refractivity contribution in [1.82, 2.24) is 4.68 Å². The minimum Gasteiger partial charge on any atom is -0.497 e. The number of hydrogen-bond donors (Lipinski definition) is 1. The highest BCUT2D eigenvalue weighted by Gasteiger charge is 2.10. The average Bonchev–Trinajstić information content (AvgIpc) is 2.71. The molecule has 0 saturated heterocycles. The maximum atomic E-state index is 6.13. The van der Waals surface area contributed by atoms with E-state index in [1.54, 1.807) is 18.9 Å². The van der Waals surface area contributed by atoms with Crippen LogP contribution in [0.1, 0.15) is 0 Å². The number of fused-ring (bicyclic) bond motifs is 3. The molecule has 0 spiro atoms. The number of nitrogens with zero attached hydrogens (tertiary/aromatic N) is 1. The Hall–Kier alpha value is -2.36. The van der Waals surface area contributed by atoms with Crippen molar-refractivity contribution < 1.29 is 9.47 Å². The molecule has 0 radical (unpaired) electrons. The van der Waals surface area contributed by atoms with E-state index in [-0.39, 0.29) is 0 Å². The molecule has 0 unspecified atom stereocenters. The number of methoxy groups -OCH3 is 2. The molecule has 2 aromatic carbocycles. The van der Waals surface area contributed by atoms with Gasteiger partial charge in [0.2, 0.25) is 0 Å². The second-order valence-corrected chi connectivity index (χ2v) is 4.14. The maximum absolute atomic E-state index is 6.13. The Labute approximate surface area is 104 Å². The fourth-order valence-electron chi connectivity index (χ4n) is 2.26. The first-order valence-electron chi connectivity index (χ1n) is 5.66. The number of aromatic nitrogens is 1. The van der Waals surface area contributed by atoms with Crippen LogP contribution in [0, 0.1) is 0 Å². The molecular formula is C14H14N2O2. The maximum Gasteiger partial charge on any atom is 0.121 e. The molecule has 18 heavy (non-hydrogen) atoms.